The standard InChI is InChI=1S/C22H26ClF2NO3/c1-19-7-20(2)9-21(8-19,12-22(25,10-19)11-20)18(29)26-15(17(27)28)6-13-4-3-5-14(23)16(13)24/h3-5,15H,6-12H2,1-2H3,(H,26,29)(H,27,28). The van der Waals surface area contributed by atoms with Gasteiger partial charge >= 0.3 is 5.97 Å². The van der Waals surface area contributed by atoms with Gasteiger partial charge in [0.1, 0.15) is 17.5 Å². The molecule has 2 N–H and O–H groups in total. The number of carboxylic acid groups (broad SMARTS) is 1. The molecule has 3 unspecified atom stereocenters. The molecule has 4 bridgehead atoms. The van der Waals surface area contributed by atoms with E-state index < -0.39 is 34.8 Å². The Morgan fingerprint density at radius 2 is 1.76 bits per heavy atom. The fourth-order valence-corrected chi connectivity index (χ4v) is 7.42. The zero-order valence-corrected chi connectivity index (χ0v) is 17.4. The van der Waals surface area contributed by atoms with Crippen molar-refractivity contribution in [2.24, 2.45) is 16.2 Å². The SMILES string of the molecule is CC12CC3(C)CC(F)(C1)CC(C(=O)NC(Cc1cccc(Cl)c1F)C(=O)O)(C2)C3. The number of amides is 1. The molecule has 3 atom stereocenters. The molecular weight excluding hydrogens is 400 g/mol. The Bertz CT molecular complexity index is 835. The lowest BCUT2D eigenvalue weighted by atomic mass is 9.39. The third-order valence-corrected chi connectivity index (χ3v) is 7.36. The molecule has 1 amide bonds. The number of alkyl halides is 1. The summed E-state index contributed by atoms with van der Waals surface area (Å²) in [5.74, 6) is -2.37. The van der Waals surface area contributed by atoms with E-state index in [2.05, 4.69) is 5.32 Å². The molecular formula is C22H26ClF2NO3. The van der Waals surface area contributed by atoms with E-state index >= 15 is 4.39 Å². The normalized spacial score (nSPS) is 38.7. The van der Waals surface area contributed by atoms with Gasteiger partial charge in [-0.25, -0.2) is 13.6 Å². The van der Waals surface area contributed by atoms with Gasteiger partial charge in [-0.15, -0.1) is 0 Å². The van der Waals surface area contributed by atoms with E-state index in [9.17, 15) is 19.1 Å². The Kier molecular flexibility index (Phi) is 4.54. The summed E-state index contributed by atoms with van der Waals surface area (Å²) < 4.78 is 29.8. The van der Waals surface area contributed by atoms with E-state index in [4.69, 9.17) is 11.6 Å². The number of halogens is 3. The van der Waals surface area contributed by atoms with Crippen LogP contribution in [-0.4, -0.2) is 28.7 Å². The minimum absolute atomic E-state index is 0.0979. The summed E-state index contributed by atoms with van der Waals surface area (Å²) in [4.78, 5) is 25.1. The number of nitrogens with one attached hydrogen (secondary N) is 1. The average Bonchev–Trinajstić information content (AvgIpc) is 2.53. The highest BCUT2D eigenvalue weighted by Crippen LogP contribution is 2.71. The maximum atomic E-state index is 15.6. The molecule has 29 heavy (non-hydrogen) atoms. The van der Waals surface area contributed by atoms with Crippen molar-refractivity contribution in [1.29, 1.82) is 0 Å². The second kappa shape index (κ2) is 6.40. The Morgan fingerprint density at radius 1 is 1.14 bits per heavy atom. The lowest BCUT2D eigenvalue weighted by Crippen LogP contribution is -2.65. The third kappa shape index (κ3) is 3.54. The molecule has 1 aromatic carbocycles. The summed E-state index contributed by atoms with van der Waals surface area (Å²) in [5, 5.41) is 12.1. The first kappa shape index (κ1) is 20.6. The zero-order valence-electron chi connectivity index (χ0n) is 16.7. The number of carbonyl (C=O) groups is 2. The van der Waals surface area contributed by atoms with Crippen molar-refractivity contribution in [1.82, 2.24) is 5.32 Å². The van der Waals surface area contributed by atoms with Crippen LogP contribution in [0.1, 0.15) is 57.9 Å². The molecule has 5 rings (SSSR count). The van der Waals surface area contributed by atoms with E-state index in [0.29, 0.717) is 25.7 Å². The number of carbonyl (C=O) groups excluding carboxylic acids is 1. The Morgan fingerprint density at radius 3 is 2.31 bits per heavy atom. The molecule has 1 aromatic rings. The van der Waals surface area contributed by atoms with Gasteiger partial charge in [0.05, 0.1) is 10.4 Å². The van der Waals surface area contributed by atoms with Gasteiger partial charge < -0.3 is 10.4 Å². The van der Waals surface area contributed by atoms with Crippen LogP contribution in [-0.2, 0) is 16.0 Å². The molecule has 0 aromatic heterocycles. The molecule has 158 valence electrons. The summed E-state index contributed by atoms with van der Waals surface area (Å²) in [6, 6.07) is 3.06. The molecule has 4 nitrogen and oxygen atoms in total. The molecule has 0 aliphatic heterocycles. The lowest BCUT2D eigenvalue weighted by Gasteiger charge is -2.66. The maximum absolute atomic E-state index is 15.6. The molecule has 0 heterocycles. The molecule has 4 aliphatic carbocycles. The monoisotopic (exact) mass is 425 g/mol. The van der Waals surface area contributed by atoms with Crippen LogP contribution in [0.4, 0.5) is 8.78 Å². The molecule has 0 spiro atoms. The number of hydrogen-bond acceptors (Lipinski definition) is 2. The number of carboxylic acids is 1. The Hall–Kier alpha value is -1.69. The molecule has 0 saturated heterocycles. The van der Waals surface area contributed by atoms with E-state index in [0.717, 1.165) is 6.42 Å². The lowest BCUT2D eigenvalue weighted by molar-refractivity contribution is -0.201. The first-order chi connectivity index (χ1) is 13.4. The predicted molar refractivity (Wildman–Crippen MR) is 105 cm³/mol. The van der Waals surface area contributed by atoms with Crippen LogP contribution in [0.5, 0.6) is 0 Å². The van der Waals surface area contributed by atoms with Crippen molar-refractivity contribution in [2.45, 2.75) is 70.5 Å². The van der Waals surface area contributed by atoms with Crippen LogP contribution in [0.3, 0.4) is 0 Å². The first-order valence-corrected chi connectivity index (χ1v) is 10.4. The first-order valence-electron chi connectivity index (χ1n) is 10.0. The quantitative estimate of drug-likeness (QED) is 0.719. The Labute approximate surface area is 174 Å². The van der Waals surface area contributed by atoms with Crippen molar-refractivity contribution in [3.05, 3.63) is 34.6 Å². The zero-order chi connectivity index (χ0) is 21.2. The molecule has 0 radical (unpaired) electrons. The van der Waals surface area contributed by atoms with Gasteiger partial charge in [-0.1, -0.05) is 37.6 Å². The number of hydrogen-bond donors (Lipinski definition) is 2. The second-order valence-electron chi connectivity index (χ2n) is 10.4. The third-order valence-electron chi connectivity index (χ3n) is 7.07. The average molecular weight is 426 g/mol. The maximum Gasteiger partial charge on any atom is 0.326 e. The van der Waals surface area contributed by atoms with E-state index in [1.807, 2.05) is 13.8 Å². The van der Waals surface area contributed by atoms with Crippen molar-refractivity contribution < 1.29 is 23.5 Å². The predicted octanol–water partition coefficient (Wildman–Crippen LogP) is 4.68. The van der Waals surface area contributed by atoms with Crippen molar-refractivity contribution >= 4 is 23.5 Å². The largest absolute Gasteiger partial charge is 0.480 e. The smallest absolute Gasteiger partial charge is 0.326 e. The summed E-state index contributed by atoms with van der Waals surface area (Å²) >= 11 is 5.79. The fraction of sp³-hybridized carbons (Fsp3) is 0.636. The minimum atomic E-state index is -1.38. The summed E-state index contributed by atoms with van der Waals surface area (Å²) in [5.41, 5.74) is -2.68. The van der Waals surface area contributed by atoms with Crippen molar-refractivity contribution in [3.8, 4) is 0 Å². The topological polar surface area (TPSA) is 66.4 Å². The van der Waals surface area contributed by atoms with Gasteiger partial charge in [-0.3, -0.25) is 4.79 Å². The van der Waals surface area contributed by atoms with Crippen molar-refractivity contribution in [2.75, 3.05) is 0 Å². The van der Waals surface area contributed by atoms with Crippen LogP contribution < -0.4 is 5.32 Å². The van der Waals surface area contributed by atoms with Gasteiger partial charge in [0.25, 0.3) is 0 Å². The van der Waals surface area contributed by atoms with Gasteiger partial charge in [0.2, 0.25) is 5.91 Å². The summed E-state index contributed by atoms with van der Waals surface area (Å²) in [6.45, 7) is 4.07. The van der Waals surface area contributed by atoms with E-state index in [-0.39, 0.29) is 34.3 Å². The summed E-state index contributed by atoms with van der Waals surface area (Å²) in [7, 11) is 0. The van der Waals surface area contributed by atoms with Crippen molar-refractivity contribution in [3.63, 3.8) is 0 Å². The van der Waals surface area contributed by atoms with Gasteiger partial charge in [-0.05, 0) is 61.0 Å². The number of benzene rings is 1. The highest BCUT2D eigenvalue weighted by molar-refractivity contribution is 6.30. The Balaban J connectivity index is 1.59. The van der Waals surface area contributed by atoms with Gasteiger partial charge in [-0.2, -0.15) is 0 Å². The minimum Gasteiger partial charge on any atom is -0.480 e. The molecule has 7 heteroatoms. The fourth-order valence-electron chi connectivity index (χ4n) is 7.23. The molecule has 4 aliphatic rings. The van der Waals surface area contributed by atoms with Gasteiger partial charge in [0.15, 0.2) is 0 Å². The number of aliphatic carboxylic acids is 1. The van der Waals surface area contributed by atoms with Gasteiger partial charge in [0, 0.05) is 6.42 Å². The van der Waals surface area contributed by atoms with Crippen LogP contribution >= 0.6 is 11.6 Å². The van der Waals surface area contributed by atoms with Crippen LogP contribution in [0.2, 0.25) is 5.02 Å². The van der Waals surface area contributed by atoms with Crippen LogP contribution in [0.15, 0.2) is 18.2 Å². The highest BCUT2D eigenvalue weighted by atomic mass is 35.5. The molecule has 4 fully saturated rings. The van der Waals surface area contributed by atoms with E-state index in [1.54, 1.807) is 0 Å². The van der Waals surface area contributed by atoms with Crippen LogP contribution in [0, 0.1) is 22.1 Å². The van der Waals surface area contributed by atoms with Crippen LogP contribution in [0.25, 0.3) is 0 Å². The van der Waals surface area contributed by atoms with E-state index in [1.165, 1.54) is 18.2 Å². The number of rotatable bonds is 5. The second-order valence-corrected chi connectivity index (χ2v) is 10.8. The summed E-state index contributed by atoms with van der Waals surface area (Å²) in [6.07, 6.45) is 2.84. The molecule has 4 saturated carbocycles. The highest BCUT2D eigenvalue weighted by Gasteiger charge is 2.68.